The average molecular weight is 618 g/mol. The highest BCUT2D eigenvalue weighted by molar-refractivity contribution is 7.89. The molecule has 5 rings (SSSR count). The summed E-state index contributed by atoms with van der Waals surface area (Å²) >= 11 is 6.50. The Labute approximate surface area is 255 Å². The van der Waals surface area contributed by atoms with Crippen molar-refractivity contribution in [2.75, 3.05) is 37.8 Å². The number of aromatic nitrogens is 2. The SMILES string of the molecule is COC(=O)c1ccc2c(c1)nc(NCCS(=O)(=O)NCCCNCc1ccc(-c3ccccc3)c(Cl)c1)c1ccncc12. The number of esters is 1. The molecule has 11 heteroatoms. The molecule has 0 unspecified atom stereocenters. The molecule has 2 aromatic heterocycles. The van der Waals surface area contributed by atoms with Gasteiger partial charge in [0.15, 0.2) is 0 Å². The summed E-state index contributed by atoms with van der Waals surface area (Å²) in [5.74, 6) is -0.0664. The molecular formula is C32H32ClN5O4S. The van der Waals surface area contributed by atoms with Gasteiger partial charge in [0, 0.05) is 58.8 Å². The van der Waals surface area contributed by atoms with Gasteiger partial charge in [-0.3, -0.25) is 4.98 Å². The Morgan fingerprint density at radius 3 is 2.56 bits per heavy atom. The van der Waals surface area contributed by atoms with Gasteiger partial charge in [0.2, 0.25) is 10.0 Å². The zero-order valence-electron chi connectivity index (χ0n) is 23.6. The molecule has 0 atom stereocenters. The Bertz CT molecular complexity index is 1850. The van der Waals surface area contributed by atoms with Crippen LogP contribution in [0.4, 0.5) is 5.82 Å². The van der Waals surface area contributed by atoms with Crippen LogP contribution in [0.5, 0.6) is 0 Å². The van der Waals surface area contributed by atoms with Crippen molar-refractivity contribution in [3.05, 3.63) is 101 Å². The van der Waals surface area contributed by atoms with E-state index in [-0.39, 0.29) is 12.3 Å². The molecule has 222 valence electrons. The van der Waals surface area contributed by atoms with Gasteiger partial charge in [-0.1, -0.05) is 60.1 Å². The van der Waals surface area contributed by atoms with Crippen LogP contribution in [0.25, 0.3) is 32.8 Å². The fourth-order valence-corrected chi connectivity index (χ4v) is 6.08. The second-order valence-corrected chi connectivity index (χ2v) is 12.3. The summed E-state index contributed by atoms with van der Waals surface area (Å²) in [7, 11) is -2.18. The lowest BCUT2D eigenvalue weighted by Gasteiger charge is -2.13. The van der Waals surface area contributed by atoms with Gasteiger partial charge in [0.1, 0.15) is 5.82 Å². The van der Waals surface area contributed by atoms with Gasteiger partial charge in [-0.15, -0.1) is 0 Å². The van der Waals surface area contributed by atoms with Crippen molar-refractivity contribution in [1.29, 1.82) is 0 Å². The highest BCUT2D eigenvalue weighted by Crippen LogP contribution is 2.30. The summed E-state index contributed by atoms with van der Waals surface area (Å²) in [6.07, 6.45) is 4.02. The number of rotatable bonds is 13. The molecule has 0 spiro atoms. The van der Waals surface area contributed by atoms with Gasteiger partial charge in [0.25, 0.3) is 0 Å². The minimum absolute atomic E-state index is 0.124. The smallest absolute Gasteiger partial charge is 0.337 e. The molecule has 0 radical (unpaired) electrons. The molecule has 0 saturated heterocycles. The van der Waals surface area contributed by atoms with Crippen LogP contribution in [-0.2, 0) is 21.3 Å². The maximum atomic E-state index is 12.6. The topological polar surface area (TPSA) is 122 Å². The van der Waals surface area contributed by atoms with Crippen molar-refractivity contribution in [2.24, 2.45) is 0 Å². The zero-order chi connectivity index (χ0) is 30.2. The van der Waals surface area contributed by atoms with E-state index in [0.29, 0.717) is 48.0 Å². The number of ether oxygens (including phenoxy) is 1. The van der Waals surface area contributed by atoms with Crippen LogP contribution >= 0.6 is 11.6 Å². The minimum Gasteiger partial charge on any atom is -0.465 e. The first-order chi connectivity index (χ1) is 20.8. The molecule has 0 aliphatic rings. The summed E-state index contributed by atoms with van der Waals surface area (Å²) in [6.45, 7) is 1.75. The maximum Gasteiger partial charge on any atom is 0.337 e. The molecule has 0 aliphatic carbocycles. The van der Waals surface area contributed by atoms with Gasteiger partial charge >= 0.3 is 5.97 Å². The van der Waals surface area contributed by atoms with Crippen LogP contribution < -0.4 is 15.4 Å². The minimum atomic E-state index is -3.50. The second kappa shape index (κ2) is 13.9. The van der Waals surface area contributed by atoms with Gasteiger partial charge in [-0.05, 0) is 48.4 Å². The standard InChI is InChI=1S/C32H32ClN5O4S/c1-42-32(39)24-9-11-26-28-21-35-15-12-27(28)31(38-30(26)19-24)36-16-17-43(40,41)37-14-5-13-34-20-22-8-10-25(29(33)18-22)23-6-3-2-4-7-23/h2-4,6-12,15,18-19,21,34,37H,5,13-14,16-17,20H2,1H3,(H,36,38). The predicted octanol–water partition coefficient (Wildman–Crippen LogP) is 5.40. The Hall–Kier alpha value is -4.09. The Morgan fingerprint density at radius 1 is 0.930 bits per heavy atom. The third kappa shape index (κ3) is 7.66. The van der Waals surface area contributed by atoms with Crippen molar-refractivity contribution >= 4 is 55.1 Å². The van der Waals surface area contributed by atoms with E-state index in [0.717, 1.165) is 32.8 Å². The Balaban J connectivity index is 1.10. The van der Waals surface area contributed by atoms with Gasteiger partial charge < -0.3 is 15.4 Å². The number of methoxy groups -OCH3 is 1. The van der Waals surface area contributed by atoms with Crippen LogP contribution in [0.1, 0.15) is 22.3 Å². The van der Waals surface area contributed by atoms with Crippen LogP contribution in [0, 0.1) is 0 Å². The number of nitrogens with zero attached hydrogens (tertiary/aromatic N) is 2. The molecule has 3 aromatic carbocycles. The number of carbonyl (C=O) groups is 1. The molecule has 3 N–H and O–H groups in total. The quantitative estimate of drug-likeness (QED) is 0.0912. The van der Waals surface area contributed by atoms with E-state index in [2.05, 4.69) is 25.3 Å². The van der Waals surface area contributed by atoms with Crippen LogP contribution in [0.3, 0.4) is 0 Å². The molecular weight excluding hydrogens is 586 g/mol. The zero-order valence-corrected chi connectivity index (χ0v) is 25.2. The number of sulfonamides is 1. The summed E-state index contributed by atoms with van der Waals surface area (Å²) in [5.41, 5.74) is 4.08. The molecule has 9 nitrogen and oxygen atoms in total. The number of carbonyl (C=O) groups excluding carboxylic acids is 1. The monoisotopic (exact) mass is 617 g/mol. The van der Waals surface area contributed by atoms with E-state index in [1.165, 1.54) is 7.11 Å². The number of pyridine rings is 2. The van der Waals surface area contributed by atoms with Gasteiger partial charge in [-0.2, -0.15) is 0 Å². The van der Waals surface area contributed by atoms with E-state index >= 15 is 0 Å². The van der Waals surface area contributed by atoms with Gasteiger partial charge in [0.05, 0.1) is 23.9 Å². The summed E-state index contributed by atoms with van der Waals surface area (Å²) < 4.78 is 32.7. The number of hydrogen-bond acceptors (Lipinski definition) is 8. The molecule has 0 bridgehead atoms. The summed E-state index contributed by atoms with van der Waals surface area (Å²) in [5, 5.41) is 9.66. The molecule has 0 fully saturated rings. The first kappa shape index (κ1) is 30.4. The third-order valence-corrected chi connectivity index (χ3v) is 8.68. The van der Waals surface area contributed by atoms with Crippen molar-refractivity contribution in [2.45, 2.75) is 13.0 Å². The van der Waals surface area contributed by atoms with E-state index in [1.54, 1.807) is 24.5 Å². The summed E-state index contributed by atoms with van der Waals surface area (Å²) in [6, 6.07) is 23.0. The lowest BCUT2D eigenvalue weighted by Crippen LogP contribution is -2.31. The number of fused-ring (bicyclic) bond motifs is 3. The first-order valence-corrected chi connectivity index (χ1v) is 15.9. The average Bonchev–Trinajstić information content (AvgIpc) is 3.02. The van der Waals surface area contributed by atoms with E-state index in [4.69, 9.17) is 16.3 Å². The lowest BCUT2D eigenvalue weighted by atomic mass is 10.0. The van der Waals surface area contributed by atoms with E-state index in [9.17, 15) is 13.2 Å². The van der Waals surface area contributed by atoms with Crippen molar-refractivity contribution in [3.8, 4) is 11.1 Å². The van der Waals surface area contributed by atoms with Gasteiger partial charge in [-0.25, -0.2) is 22.9 Å². The van der Waals surface area contributed by atoms with E-state index < -0.39 is 16.0 Å². The molecule has 0 saturated carbocycles. The second-order valence-electron chi connectivity index (χ2n) is 9.96. The molecule has 43 heavy (non-hydrogen) atoms. The number of halogens is 1. The number of hydrogen-bond donors (Lipinski definition) is 3. The normalized spacial score (nSPS) is 11.6. The highest BCUT2D eigenvalue weighted by atomic mass is 35.5. The Kier molecular flexibility index (Phi) is 9.83. The van der Waals surface area contributed by atoms with Crippen LogP contribution in [0.15, 0.2) is 85.2 Å². The van der Waals surface area contributed by atoms with E-state index in [1.807, 2.05) is 60.7 Å². The molecule has 2 heterocycles. The lowest BCUT2D eigenvalue weighted by molar-refractivity contribution is 0.0601. The predicted molar refractivity (Wildman–Crippen MR) is 172 cm³/mol. The number of nitrogens with one attached hydrogen (secondary N) is 3. The van der Waals surface area contributed by atoms with Crippen LogP contribution in [-0.4, -0.2) is 56.9 Å². The number of benzene rings is 3. The molecule has 5 aromatic rings. The maximum absolute atomic E-state index is 12.6. The van der Waals surface area contributed by atoms with Crippen molar-refractivity contribution in [1.82, 2.24) is 20.0 Å². The first-order valence-electron chi connectivity index (χ1n) is 13.9. The van der Waals surface area contributed by atoms with Crippen LogP contribution in [0.2, 0.25) is 5.02 Å². The Morgan fingerprint density at radius 2 is 1.77 bits per heavy atom. The largest absolute Gasteiger partial charge is 0.465 e. The molecule has 0 aliphatic heterocycles. The van der Waals surface area contributed by atoms with Crippen molar-refractivity contribution in [3.63, 3.8) is 0 Å². The summed E-state index contributed by atoms with van der Waals surface area (Å²) in [4.78, 5) is 20.9. The highest BCUT2D eigenvalue weighted by Gasteiger charge is 2.14. The molecule has 0 amide bonds. The fraction of sp³-hybridized carbons (Fsp3) is 0.219. The van der Waals surface area contributed by atoms with Crippen molar-refractivity contribution < 1.29 is 17.9 Å². The fourth-order valence-electron chi connectivity index (χ4n) is 4.80. The number of anilines is 1. The third-order valence-electron chi connectivity index (χ3n) is 6.98.